The first-order chi connectivity index (χ1) is 19.3. The van der Waals surface area contributed by atoms with Gasteiger partial charge in [-0.05, 0) is 69.7 Å². The van der Waals surface area contributed by atoms with E-state index in [1.165, 1.54) is 16.7 Å². The monoisotopic (exact) mass is 535 g/mol. The quantitative estimate of drug-likeness (QED) is 0.246. The molecule has 2 atom stereocenters. The smallest absolute Gasteiger partial charge is 0.135 e. The highest BCUT2D eigenvalue weighted by Crippen LogP contribution is 2.25. The number of allylic oxidation sites excluding steroid dienone is 1. The average Bonchev–Trinajstić information content (AvgIpc) is 2.97. The Kier molecular flexibility index (Phi) is 11.6. The highest BCUT2D eigenvalue weighted by molar-refractivity contribution is 6.41. The molecule has 40 heavy (non-hydrogen) atoms. The van der Waals surface area contributed by atoms with E-state index in [1.807, 2.05) is 13.0 Å². The summed E-state index contributed by atoms with van der Waals surface area (Å²) in [5.41, 5.74) is 13.2. The van der Waals surface area contributed by atoms with Crippen LogP contribution >= 0.6 is 0 Å². The summed E-state index contributed by atoms with van der Waals surface area (Å²) in [5.74, 6) is 1.02. The number of nitrogens with zero attached hydrogens (tertiary/aromatic N) is 4. The molecule has 1 heterocycles. The molecule has 1 aliphatic carbocycles. The lowest BCUT2D eigenvalue weighted by molar-refractivity contribution is 0.683. The van der Waals surface area contributed by atoms with E-state index in [1.54, 1.807) is 12.4 Å². The van der Waals surface area contributed by atoms with E-state index in [0.717, 1.165) is 41.9 Å². The predicted molar refractivity (Wildman–Crippen MR) is 168 cm³/mol. The molecule has 7 nitrogen and oxygen atoms in total. The summed E-state index contributed by atoms with van der Waals surface area (Å²) in [6.45, 7) is 16.0. The number of anilines is 1. The van der Waals surface area contributed by atoms with E-state index in [0.29, 0.717) is 36.9 Å². The fourth-order valence-corrected chi connectivity index (χ4v) is 4.42. The minimum Gasteiger partial charge on any atom is -0.378 e. The summed E-state index contributed by atoms with van der Waals surface area (Å²) < 4.78 is 0. The van der Waals surface area contributed by atoms with Gasteiger partial charge in [-0.1, -0.05) is 61.2 Å². The van der Waals surface area contributed by atoms with Crippen LogP contribution < -0.4 is 16.4 Å². The fourth-order valence-electron chi connectivity index (χ4n) is 4.42. The van der Waals surface area contributed by atoms with Gasteiger partial charge in [0.2, 0.25) is 0 Å². The van der Waals surface area contributed by atoms with E-state index < -0.39 is 0 Å². The van der Waals surface area contributed by atoms with Gasteiger partial charge in [0.05, 0.1) is 23.5 Å². The van der Waals surface area contributed by atoms with Crippen LogP contribution in [-0.2, 0) is 0 Å². The van der Waals surface area contributed by atoms with Gasteiger partial charge in [0.15, 0.2) is 0 Å². The van der Waals surface area contributed by atoms with Crippen LogP contribution in [-0.4, -0.2) is 36.0 Å². The minimum atomic E-state index is 0.0573. The van der Waals surface area contributed by atoms with Crippen molar-refractivity contribution in [3.8, 4) is 6.07 Å². The molecule has 1 aliphatic rings. The highest BCUT2D eigenvalue weighted by atomic mass is 15.0. The number of pyridine rings is 1. The van der Waals surface area contributed by atoms with Gasteiger partial charge in [-0.25, -0.2) is 4.98 Å². The molecule has 0 saturated carbocycles. The van der Waals surface area contributed by atoms with Crippen LogP contribution in [0.15, 0.2) is 89.7 Å². The third-order valence-corrected chi connectivity index (χ3v) is 6.88. The number of aliphatic imine (C=N–C) groups is 2. The minimum absolute atomic E-state index is 0.0573. The number of hydrogen-bond acceptors (Lipinski definition) is 7. The lowest BCUT2D eigenvalue weighted by Gasteiger charge is -2.21. The van der Waals surface area contributed by atoms with Gasteiger partial charge in [-0.2, -0.15) is 5.26 Å². The van der Waals surface area contributed by atoms with Gasteiger partial charge in [0, 0.05) is 36.2 Å². The van der Waals surface area contributed by atoms with Crippen molar-refractivity contribution in [2.24, 2.45) is 21.6 Å². The first-order valence-electron chi connectivity index (χ1n) is 13.8. The van der Waals surface area contributed by atoms with Crippen molar-refractivity contribution in [2.45, 2.75) is 46.1 Å². The second-order valence-corrected chi connectivity index (χ2v) is 10.1. The number of nitrogens with two attached hydrogens (primary N) is 1. The lowest BCUT2D eigenvalue weighted by atomic mass is 9.96. The molecule has 4 N–H and O–H groups in total. The third kappa shape index (κ3) is 8.89. The Morgan fingerprint density at radius 2 is 2.10 bits per heavy atom. The number of rotatable bonds is 14. The van der Waals surface area contributed by atoms with Crippen molar-refractivity contribution in [1.82, 2.24) is 10.3 Å². The molecular weight excluding hydrogens is 494 g/mol. The molecule has 2 unspecified atom stereocenters. The van der Waals surface area contributed by atoms with Crippen LogP contribution in [0, 0.1) is 24.2 Å². The van der Waals surface area contributed by atoms with Crippen LogP contribution in [0.4, 0.5) is 5.82 Å². The van der Waals surface area contributed by atoms with E-state index in [4.69, 9.17) is 10.7 Å². The predicted octanol–water partition coefficient (Wildman–Crippen LogP) is 6.28. The fraction of sp³-hybridized carbons (Fsp3) is 0.333. The molecule has 1 aromatic carbocycles. The SMILES string of the molecule is C=CN=C(C)C(CCCN)=NCC1=CCC(CNc2ncc(C#N)cc2C(=C)NC(C)c2ccc(C)cc2)C=C1. The molecule has 0 fully saturated rings. The molecular formula is C33H41N7. The highest BCUT2D eigenvalue weighted by Gasteiger charge is 2.15. The van der Waals surface area contributed by atoms with Crippen LogP contribution in [0.25, 0.3) is 5.70 Å². The normalized spacial score (nSPS) is 16.1. The van der Waals surface area contributed by atoms with Crippen LogP contribution in [0.1, 0.15) is 61.4 Å². The van der Waals surface area contributed by atoms with Gasteiger partial charge in [-0.15, -0.1) is 0 Å². The van der Waals surface area contributed by atoms with E-state index >= 15 is 0 Å². The van der Waals surface area contributed by atoms with Gasteiger partial charge < -0.3 is 16.4 Å². The number of benzene rings is 1. The molecule has 0 bridgehead atoms. The topological polar surface area (TPSA) is 111 Å². The standard InChI is InChI=1S/C33H41N7/c1-6-36-26(5)32(8-7-17-34)37-20-27-11-13-28(14-12-27)21-38-33-31(18-29(19-35)22-39-33)25(4)40-24(3)30-15-9-23(2)10-16-30/h6,9-13,15-16,18,22,24,28,40H,1,4,7-8,14,17,20-21,34H2,2-3,5H3,(H,38,39). The molecule has 0 spiro atoms. The molecule has 208 valence electrons. The Labute approximate surface area is 239 Å². The number of aromatic nitrogens is 1. The number of nitrogens with one attached hydrogen (secondary N) is 2. The van der Waals surface area contributed by atoms with E-state index in [-0.39, 0.29) is 6.04 Å². The zero-order valence-corrected chi connectivity index (χ0v) is 24.0. The largest absolute Gasteiger partial charge is 0.378 e. The Bertz CT molecular complexity index is 1340. The Balaban J connectivity index is 1.63. The average molecular weight is 536 g/mol. The summed E-state index contributed by atoms with van der Waals surface area (Å²) in [7, 11) is 0. The van der Waals surface area contributed by atoms with Crippen molar-refractivity contribution in [1.29, 1.82) is 5.26 Å². The van der Waals surface area contributed by atoms with Crippen molar-refractivity contribution >= 4 is 22.9 Å². The van der Waals surface area contributed by atoms with E-state index in [9.17, 15) is 5.26 Å². The number of hydrogen-bond donors (Lipinski definition) is 3. The maximum Gasteiger partial charge on any atom is 0.135 e. The van der Waals surface area contributed by atoms with Crippen molar-refractivity contribution in [3.63, 3.8) is 0 Å². The number of nitriles is 1. The second-order valence-electron chi connectivity index (χ2n) is 10.1. The zero-order chi connectivity index (χ0) is 28.9. The first-order valence-corrected chi connectivity index (χ1v) is 13.8. The van der Waals surface area contributed by atoms with Crippen LogP contribution in [0.2, 0.25) is 0 Å². The van der Waals surface area contributed by atoms with Gasteiger partial charge in [0.25, 0.3) is 0 Å². The van der Waals surface area contributed by atoms with Gasteiger partial charge in [0.1, 0.15) is 11.9 Å². The van der Waals surface area contributed by atoms with Crippen molar-refractivity contribution < 1.29 is 0 Å². The van der Waals surface area contributed by atoms with E-state index in [2.05, 4.69) is 96.2 Å². The van der Waals surface area contributed by atoms with Gasteiger partial charge in [-0.3, -0.25) is 9.98 Å². The summed E-state index contributed by atoms with van der Waals surface area (Å²) in [5, 5.41) is 16.4. The molecule has 0 radical (unpaired) electrons. The Hall–Kier alpha value is -4.28. The van der Waals surface area contributed by atoms with Crippen molar-refractivity contribution in [2.75, 3.05) is 25.0 Å². The van der Waals surface area contributed by atoms with Crippen LogP contribution in [0.3, 0.4) is 0 Å². The Morgan fingerprint density at radius 3 is 2.75 bits per heavy atom. The molecule has 3 rings (SSSR count). The molecule has 0 aliphatic heterocycles. The number of aryl methyl sites for hydroxylation is 1. The maximum atomic E-state index is 9.46. The summed E-state index contributed by atoms with van der Waals surface area (Å²) in [6, 6.07) is 12.5. The molecule has 7 heteroatoms. The molecule has 2 aromatic rings. The first kappa shape index (κ1) is 30.3. The zero-order valence-electron chi connectivity index (χ0n) is 24.0. The van der Waals surface area contributed by atoms with Crippen molar-refractivity contribution in [3.05, 3.63) is 102 Å². The summed E-state index contributed by atoms with van der Waals surface area (Å²) >= 11 is 0. The molecule has 0 saturated heterocycles. The van der Waals surface area contributed by atoms with Gasteiger partial charge >= 0.3 is 0 Å². The van der Waals surface area contributed by atoms with Crippen LogP contribution in [0.5, 0.6) is 0 Å². The second kappa shape index (κ2) is 15.3. The molecule has 0 amide bonds. The summed E-state index contributed by atoms with van der Waals surface area (Å²) in [6.07, 6.45) is 12.4. The Morgan fingerprint density at radius 1 is 1.32 bits per heavy atom. The third-order valence-electron chi connectivity index (χ3n) is 6.88. The summed E-state index contributed by atoms with van der Waals surface area (Å²) in [4.78, 5) is 13.7. The molecule has 1 aromatic heterocycles. The maximum absolute atomic E-state index is 9.46. The lowest BCUT2D eigenvalue weighted by Crippen LogP contribution is -2.20.